The van der Waals surface area contributed by atoms with Crippen molar-refractivity contribution in [2.24, 2.45) is 0 Å². The second-order valence-electron chi connectivity index (χ2n) is 7.52. The molecule has 2 aromatic rings. The second-order valence-corrected chi connectivity index (χ2v) is 9.23. The van der Waals surface area contributed by atoms with Gasteiger partial charge in [-0.3, -0.25) is 4.79 Å². The topological polar surface area (TPSA) is 78.5 Å². The summed E-state index contributed by atoms with van der Waals surface area (Å²) in [6.45, 7) is 2.50. The molecule has 1 atom stereocenters. The molecule has 6 nitrogen and oxygen atoms in total. The Balaban J connectivity index is 1.64. The molecular formula is C21H27N3O3S. The van der Waals surface area contributed by atoms with E-state index >= 15 is 0 Å². The van der Waals surface area contributed by atoms with E-state index in [0.29, 0.717) is 12.1 Å². The van der Waals surface area contributed by atoms with Crippen LogP contribution < -0.4 is 10.0 Å². The van der Waals surface area contributed by atoms with Gasteiger partial charge in [0, 0.05) is 18.2 Å². The number of carbonyl (C=O) groups is 1. The maximum absolute atomic E-state index is 12.5. The zero-order chi connectivity index (χ0) is 20.3. The minimum absolute atomic E-state index is 0.0481. The zero-order valence-corrected chi connectivity index (χ0v) is 17.3. The van der Waals surface area contributed by atoms with Crippen molar-refractivity contribution in [1.82, 2.24) is 14.9 Å². The van der Waals surface area contributed by atoms with Gasteiger partial charge in [-0.2, -0.15) is 0 Å². The molecule has 1 saturated carbocycles. The highest BCUT2D eigenvalue weighted by molar-refractivity contribution is 7.89. The molecule has 2 aromatic carbocycles. The highest BCUT2D eigenvalue weighted by Gasteiger charge is 2.28. The summed E-state index contributed by atoms with van der Waals surface area (Å²) in [5.41, 5.74) is 2.76. The number of nitrogens with one attached hydrogen (secondary N) is 2. The third kappa shape index (κ3) is 5.19. The molecule has 0 aromatic heterocycles. The first kappa shape index (κ1) is 20.5. The number of aryl methyl sites for hydroxylation is 1. The summed E-state index contributed by atoms with van der Waals surface area (Å²) in [7, 11) is 0.446. The first-order chi connectivity index (χ1) is 13.3. The highest BCUT2D eigenvalue weighted by atomic mass is 32.2. The number of carbonyl (C=O) groups excluding carboxylic acids is 1. The number of hydrogen-bond acceptors (Lipinski definition) is 4. The molecule has 3 rings (SSSR count). The molecule has 1 unspecified atom stereocenters. The number of rotatable bonds is 8. The lowest BCUT2D eigenvalue weighted by Gasteiger charge is -2.25. The normalized spacial score (nSPS) is 15.4. The largest absolute Gasteiger partial charge is 0.350 e. The van der Waals surface area contributed by atoms with E-state index in [1.54, 1.807) is 12.1 Å². The number of likely N-dealkylation sites (N-methyl/N-ethyl adjacent to an activating group) is 1. The Hall–Kier alpha value is -2.22. The van der Waals surface area contributed by atoms with Crippen molar-refractivity contribution in [2.45, 2.75) is 36.7 Å². The van der Waals surface area contributed by atoms with Gasteiger partial charge in [-0.05, 0) is 63.7 Å². The predicted molar refractivity (Wildman–Crippen MR) is 110 cm³/mol. The van der Waals surface area contributed by atoms with Gasteiger partial charge in [0.2, 0.25) is 10.0 Å². The lowest BCUT2D eigenvalue weighted by molar-refractivity contribution is 0.0942. The predicted octanol–water partition coefficient (Wildman–Crippen LogP) is 2.47. The standard InChI is InChI=1S/C21H27N3O3S/c1-15-4-6-16(7-5-15)20(24(2)3)14-22-21(25)17-8-12-19(13-9-17)28(26,27)23-18-10-11-18/h4-9,12-13,18,20,23H,10-11,14H2,1-3H3,(H,22,25). The fourth-order valence-corrected chi connectivity index (χ4v) is 4.26. The van der Waals surface area contributed by atoms with E-state index in [1.165, 1.54) is 17.7 Å². The second kappa shape index (κ2) is 8.43. The number of sulfonamides is 1. The van der Waals surface area contributed by atoms with E-state index < -0.39 is 10.0 Å². The Kier molecular flexibility index (Phi) is 6.17. The number of hydrogen-bond donors (Lipinski definition) is 2. The Bertz CT molecular complexity index is 918. The van der Waals surface area contributed by atoms with E-state index in [1.807, 2.05) is 21.0 Å². The molecule has 1 aliphatic carbocycles. The smallest absolute Gasteiger partial charge is 0.251 e. The molecule has 2 N–H and O–H groups in total. The van der Waals surface area contributed by atoms with E-state index in [-0.39, 0.29) is 22.9 Å². The van der Waals surface area contributed by atoms with Gasteiger partial charge in [0.25, 0.3) is 5.91 Å². The Labute approximate surface area is 167 Å². The van der Waals surface area contributed by atoms with Crippen LogP contribution in [0.15, 0.2) is 53.4 Å². The monoisotopic (exact) mass is 401 g/mol. The Morgan fingerprint density at radius 1 is 1.07 bits per heavy atom. The van der Waals surface area contributed by atoms with Crippen molar-refractivity contribution >= 4 is 15.9 Å². The Morgan fingerprint density at radius 2 is 1.68 bits per heavy atom. The molecule has 0 saturated heterocycles. The number of nitrogens with zero attached hydrogens (tertiary/aromatic N) is 1. The lowest BCUT2D eigenvalue weighted by Crippen LogP contribution is -2.34. The van der Waals surface area contributed by atoms with Crippen molar-refractivity contribution in [3.63, 3.8) is 0 Å². The minimum Gasteiger partial charge on any atom is -0.350 e. The average molecular weight is 402 g/mol. The molecule has 1 amide bonds. The third-order valence-corrected chi connectivity index (χ3v) is 6.40. The fraction of sp³-hybridized carbons (Fsp3) is 0.381. The molecule has 1 aliphatic rings. The molecule has 0 bridgehead atoms. The molecule has 0 spiro atoms. The summed E-state index contributed by atoms with van der Waals surface area (Å²) in [4.78, 5) is 14.8. The van der Waals surface area contributed by atoms with Gasteiger partial charge in [-0.15, -0.1) is 0 Å². The summed E-state index contributed by atoms with van der Waals surface area (Å²) in [5.74, 6) is -0.224. The quantitative estimate of drug-likeness (QED) is 0.712. The third-order valence-electron chi connectivity index (χ3n) is 4.87. The summed E-state index contributed by atoms with van der Waals surface area (Å²) in [6.07, 6.45) is 1.77. The number of benzene rings is 2. The van der Waals surface area contributed by atoms with Crippen molar-refractivity contribution in [3.8, 4) is 0 Å². The van der Waals surface area contributed by atoms with Gasteiger partial charge >= 0.3 is 0 Å². The molecule has 0 aliphatic heterocycles. The molecule has 1 fully saturated rings. The molecule has 150 valence electrons. The van der Waals surface area contributed by atoms with Gasteiger partial charge in [0.05, 0.1) is 10.9 Å². The van der Waals surface area contributed by atoms with Crippen LogP contribution in [0.1, 0.15) is 40.4 Å². The lowest BCUT2D eigenvalue weighted by atomic mass is 10.0. The molecule has 0 radical (unpaired) electrons. The summed E-state index contributed by atoms with van der Waals surface area (Å²) in [6, 6.07) is 14.4. The van der Waals surface area contributed by atoms with Crippen LogP contribution >= 0.6 is 0 Å². The maximum atomic E-state index is 12.5. The number of amides is 1. The van der Waals surface area contributed by atoms with Crippen LogP contribution in [0, 0.1) is 6.92 Å². The summed E-state index contributed by atoms with van der Waals surface area (Å²) < 4.78 is 27.1. The molecule has 28 heavy (non-hydrogen) atoms. The van der Waals surface area contributed by atoms with Crippen molar-refractivity contribution in [1.29, 1.82) is 0 Å². The minimum atomic E-state index is -3.50. The zero-order valence-electron chi connectivity index (χ0n) is 16.5. The van der Waals surface area contributed by atoms with E-state index in [9.17, 15) is 13.2 Å². The van der Waals surface area contributed by atoms with Crippen LogP contribution in [-0.2, 0) is 10.0 Å². The molecular weight excluding hydrogens is 374 g/mol. The summed E-state index contributed by atoms with van der Waals surface area (Å²) in [5, 5.41) is 2.95. The van der Waals surface area contributed by atoms with Gasteiger partial charge in [-0.1, -0.05) is 29.8 Å². The average Bonchev–Trinajstić information content (AvgIpc) is 3.46. The van der Waals surface area contributed by atoms with Gasteiger partial charge in [0.1, 0.15) is 0 Å². The first-order valence-electron chi connectivity index (χ1n) is 9.40. The fourth-order valence-electron chi connectivity index (χ4n) is 2.95. The van der Waals surface area contributed by atoms with Gasteiger partial charge < -0.3 is 10.2 Å². The highest BCUT2D eigenvalue weighted by Crippen LogP contribution is 2.22. The van der Waals surface area contributed by atoms with Crippen LogP contribution in [0.25, 0.3) is 0 Å². The SMILES string of the molecule is Cc1ccc(C(CNC(=O)c2ccc(S(=O)(=O)NC3CC3)cc2)N(C)C)cc1. The molecule has 7 heteroatoms. The van der Waals surface area contributed by atoms with Gasteiger partial charge in [-0.25, -0.2) is 13.1 Å². The van der Waals surface area contributed by atoms with Crippen molar-refractivity contribution in [3.05, 3.63) is 65.2 Å². The van der Waals surface area contributed by atoms with Crippen LogP contribution in [0.2, 0.25) is 0 Å². The van der Waals surface area contributed by atoms with E-state index in [2.05, 4.69) is 39.2 Å². The van der Waals surface area contributed by atoms with Gasteiger partial charge in [0.15, 0.2) is 0 Å². The summed E-state index contributed by atoms with van der Waals surface area (Å²) >= 11 is 0. The van der Waals surface area contributed by atoms with Crippen LogP contribution in [0.3, 0.4) is 0 Å². The van der Waals surface area contributed by atoms with Crippen molar-refractivity contribution in [2.75, 3.05) is 20.6 Å². The first-order valence-corrected chi connectivity index (χ1v) is 10.9. The van der Waals surface area contributed by atoms with Crippen LogP contribution in [-0.4, -0.2) is 45.9 Å². The van der Waals surface area contributed by atoms with Crippen molar-refractivity contribution < 1.29 is 13.2 Å². The Morgan fingerprint density at radius 3 is 2.21 bits per heavy atom. The van der Waals surface area contributed by atoms with E-state index in [4.69, 9.17) is 0 Å². The van der Waals surface area contributed by atoms with Crippen LogP contribution in [0.4, 0.5) is 0 Å². The van der Waals surface area contributed by atoms with Crippen LogP contribution in [0.5, 0.6) is 0 Å². The maximum Gasteiger partial charge on any atom is 0.251 e. The molecule has 0 heterocycles. The van der Waals surface area contributed by atoms with E-state index in [0.717, 1.165) is 18.4 Å².